The number of hydrogen-bond acceptors (Lipinski definition) is 5. The van der Waals surface area contributed by atoms with Gasteiger partial charge in [0.2, 0.25) is 0 Å². The molecule has 0 aliphatic heterocycles. The first-order valence-corrected chi connectivity index (χ1v) is 5.62. The first-order valence-electron chi connectivity index (χ1n) is 5.62. The molecule has 0 unspecified atom stereocenters. The van der Waals surface area contributed by atoms with Gasteiger partial charge in [0.15, 0.2) is 0 Å². The Balaban J connectivity index is 2.20. The van der Waals surface area contributed by atoms with E-state index in [0.29, 0.717) is 17.3 Å². The average Bonchev–Trinajstić information content (AvgIpc) is 2.42. The van der Waals surface area contributed by atoms with Gasteiger partial charge in [-0.2, -0.15) is 5.26 Å². The lowest BCUT2D eigenvalue weighted by molar-refractivity contribution is 0.632. The Kier molecular flexibility index (Phi) is 3.88. The summed E-state index contributed by atoms with van der Waals surface area (Å²) in [5.74, 6) is 0.711. The van der Waals surface area contributed by atoms with Crippen LogP contribution < -0.4 is 10.2 Å². The summed E-state index contributed by atoms with van der Waals surface area (Å²) in [4.78, 5) is 9.75. The molecule has 2 aromatic rings. The van der Waals surface area contributed by atoms with Crippen molar-refractivity contribution in [1.82, 2.24) is 9.97 Å². The van der Waals surface area contributed by atoms with E-state index in [2.05, 4.69) is 15.3 Å². The number of nitrogens with one attached hydrogen (secondary N) is 1. The molecule has 96 valence electrons. The third-order valence-electron chi connectivity index (χ3n) is 2.49. The van der Waals surface area contributed by atoms with Crippen LogP contribution in [0.15, 0.2) is 36.7 Å². The van der Waals surface area contributed by atoms with Crippen molar-refractivity contribution in [3.63, 3.8) is 0 Å². The molecule has 0 radical (unpaired) electrons. The first-order chi connectivity index (χ1) is 9.20. The quantitative estimate of drug-likeness (QED) is 0.851. The predicted octanol–water partition coefficient (Wildman–Crippen LogP) is 2.32. The molecule has 0 saturated heterocycles. The standard InChI is InChI=1S/C13H12FN5/c1-19(7-6-15)13-8-12(16-9-17-13)18-11-5-3-2-4-10(11)14/h2-5,8-9H,7H2,1H3,(H,16,17,18). The van der Waals surface area contributed by atoms with Gasteiger partial charge in [-0.05, 0) is 12.1 Å². The van der Waals surface area contributed by atoms with Crippen LogP contribution in [0.25, 0.3) is 0 Å². The normalized spacial score (nSPS) is 9.74. The number of benzene rings is 1. The first kappa shape index (κ1) is 12.8. The third kappa shape index (κ3) is 3.16. The predicted molar refractivity (Wildman–Crippen MR) is 70.6 cm³/mol. The van der Waals surface area contributed by atoms with Crippen molar-refractivity contribution < 1.29 is 4.39 Å². The number of nitrogens with zero attached hydrogens (tertiary/aromatic N) is 4. The minimum absolute atomic E-state index is 0.218. The maximum atomic E-state index is 13.5. The largest absolute Gasteiger partial charge is 0.346 e. The summed E-state index contributed by atoms with van der Waals surface area (Å²) in [5.41, 5.74) is 0.343. The summed E-state index contributed by atoms with van der Waals surface area (Å²) in [6, 6.07) is 10.0. The second-order valence-electron chi connectivity index (χ2n) is 3.88. The minimum Gasteiger partial charge on any atom is -0.346 e. The maximum absolute atomic E-state index is 13.5. The molecule has 0 atom stereocenters. The topological polar surface area (TPSA) is 64.8 Å². The van der Waals surface area contributed by atoms with Crippen LogP contribution in [-0.4, -0.2) is 23.6 Å². The molecule has 5 nitrogen and oxygen atoms in total. The maximum Gasteiger partial charge on any atom is 0.146 e. The molecule has 0 fully saturated rings. The van der Waals surface area contributed by atoms with Gasteiger partial charge >= 0.3 is 0 Å². The summed E-state index contributed by atoms with van der Waals surface area (Å²) in [5, 5.41) is 11.5. The lowest BCUT2D eigenvalue weighted by Gasteiger charge is -2.14. The molecule has 2 rings (SSSR count). The smallest absolute Gasteiger partial charge is 0.146 e. The van der Waals surface area contributed by atoms with Crippen LogP contribution in [0.3, 0.4) is 0 Å². The van der Waals surface area contributed by atoms with Gasteiger partial charge < -0.3 is 10.2 Å². The van der Waals surface area contributed by atoms with E-state index in [9.17, 15) is 4.39 Å². The van der Waals surface area contributed by atoms with Gasteiger partial charge in [0, 0.05) is 13.1 Å². The van der Waals surface area contributed by atoms with Crippen molar-refractivity contribution in [1.29, 1.82) is 5.26 Å². The van der Waals surface area contributed by atoms with Crippen LogP contribution in [0.1, 0.15) is 0 Å². The SMILES string of the molecule is CN(CC#N)c1cc(Nc2ccccc2F)ncn1. The Morgan fingerprint density at radius 2 is 2.16 bits per heavy atom. The number of hydrogen-bond donors (Lipinski definition) is 1. The zero-order chi connectivity index (χ0) is 13.7. The monoisotopic (exact) mass is 257 g/mol. The summed E-state index contributed by atoms with van der Waals surface area (Å²) >= 11 is 0. The fourth-order valence-electron chi connectivity index (χ4n) is 1.51. The van der Waals surface area contributed by atoms with Crippen LogP contribution in [0, 0.1) is 17.1 Å². The van der Waals surface area contributed by atoms with Crippen molar-refractivity contribution in [3.8, 4) is 6.07 Å². The lowest BCUT2D eigenvalue weighted by Crippen LogP contribution is -2.18. The Morgan fingerprint density at radius 1 is 1.37 bits per heavy atom. The number of para-hydroxylation sites is 1. The van der Waals surface area contributed by atoms with Crippen molar-refractivity contribution in [2.75, 3.05) is 23.8 Å². The molecule has 6 heteroatoms. The van der Waals surface area contributed by atoms with Gasteiger partial charge in [-0.3, -0.25) is 0 Å². The van der Waals surface area contributed by atoms with Crippen LogP contribution in [0.4, 0.5) is 21.7 Å². The van der Waals surface area contributed by atoms with Crippen molar-refractivity contribution in [3.05, 3.63) is 42.5 Å². The van der Waals surface area contributed by atoms with Crippen LogP contribution in [-0.2, 0) is 0 Å². The highest BCUT2D eigenvalue weighted by molar-refractivity contribution is 5.59. The van der Waals surface area contributed by atoms with Crippen molar-refractivity contribution >= 4 is 17.3 Å². The highest BCUT2D eigenvalue weighted by Crippen LogP contribution is 2.19. The van der Waals surface area contributed by atoms with Crippen molar-refractivity contribution in [2.24, 2.45) is 0 Å². The molecule has 1 aromatic carbocycles. The average molecular weight is 257 g/mol. The van der Waals surface area contributed by atoms with Gasteiger partial charge in [0.05, 0.1) is 11.8 Å². The van der Waals surface area contributed by atoms with Crippen molar-refractivity contribution in [2.45, 2.75) is 0 Å². The van der Waals surface area contributed by atoms with E-state index in [1.165, 1.54) is 12.4 Å². The summed E-state index contributed by atoms with van der Waals surface area (Å²) < 4.78 is 13.5. The highest BCUT2D eigenvalue weighted by Gasteiger charge is 2.06. The zero-order valence-electron chi connectivity index (χ0n) is 10.3. The molecule has 0 aliphatic carbocycles. The van der Waals surface area contributed by atoms with Gasteiger partial charge in [-0.1, -0.05) is 12.1 Å². The summed E-state index contributed by atoms with van der Waals surface area (Å²) in [6.45, 7) is 0.218. The molecule has 0 spiro atoms. The Hall–Kier alpha value is -2.68. The Bertz CT molecular complexity index is 608. The fourth-order valence-corrected chi connectivity index (χ4v) is 1.51. The Morgan fingerprint density at radius 3 is 2.89 bits per heavy atom. The summed E-state index contributed by atoms with van der Waals surface area (Å²) in [6.07, 6.45) is 1.37. The fraction of sp³-hybridized carbons (Fsp3) is 0.154. The molecule has 0 aliphatic rings. The van der Waals surface area contributed by atoms with Gasteiger partial charge in [0.25, 0.3) is 0 Å². The van der Waals surface area contributed by atoms with Gasteiger partial charge in [0.1, 0.15) is 30.3 Å². The van der Waals surface area contributed by atoms with E-state index in [0.717, 1.165) is 0 Å². The lowest BCUT2D eigenvalue weighted by atomic mass is 10.3. The van der Waals surface area contributed by atoms with Crippen LogP contribution in [0.2, 0.25) is 0 Å². The van der Waals surface area contributed by atoms with Gasteiger partial charge in [-0.15, -0.1) is 0 Å². The second-order valence-corrected chi connectivity index (χ2v) is 3.88. The number of halogens is 1. The molecular weight excluding hydrogens is 245 g/mol. The molecular formula is C13H12FN5. The third-order valence-corrected chi connectivity index (χ3v) is 2.49. The van der Waals surface area contributed by atoms with Crippen LogP contribution >= 0.6 is 0 Å². The summed E-state index contributed by atoms with van der Waals surface area (Å²) in [7, 11) is 1.75. The number of nitriles is 1. The molecule has 1 aromatic heterocycles. The van der Waals surface area contributed by atoms with Crippen LogP contribution in [0.5, 0.6) is 0 Å². The minimum atomic E-state index is -0.354. The van der Waals surface area contributed by atoms with E-state index in [-0.39, 0.29) is 12.4 Å². The number of aromatic nitrogens is 2. The Labute approximate surface area is 110 Å². The second kappa shape index (κ2) is 5.78. The highest BCUT2D eigenvalue weighted by atomic mass is 19.1. The molecule has 0 amide bonds. The van der Waals surface area contributed by atoms with E-state index in [4.69, 9.17) is 5.26 Å². The number of anilines is 3. The molecule has 1 heterocycles. The van der Waals surface area contributed by atoms with E-state index in [1.54, 1.807) is 36.2 Å². The molecule has 0 saturated carbocycles. The van der Waals surface area contributed by atoms with Gasteiger partial charge in [-0.25, -0.2) is 14.4 Å². The molecule has 0 bridgehead atoms. The van der Waals surface area contributed by atoms with E-state index >= 15 is 0 Å². The molecule has 19 heavy (non-hydrogen) atoms. The number of rotatable bonds is 4. The molecule has 1 N–H and O–H groups in total. The zero-order valence-corrected chi connectivity index (χ0v) is 10.3. The van der Waals surface area contributed by atoms with E-state index < -0.39 is 0 Å². The van der Waals surface area contributed by atoms with E-state index in [1.807, 2.05) is 6.07 Å².